The molecular weight excluding hydrogens is 296 g/mol. The average molecular weight is 315 g/mol. The van der Waals surface area contributed by atoms with Crippen molar-refractivity contribution in [3.8, 4) is 0 Å². The topological polar surface area (TPSA) is 101 Å². The minimum atomic E-state index is -0.874. The molecular formula is C13H19ClN4O3. The molecule has 2 N–H and O–H groups in total. The minimum Gasteiger partial charge on any atom is -0.388 e. The maximum atomic E-state index is 10.9. The van der Waals surface area contributed by atoms with E-state index in [1.54, 1.807) is 0 Å². The van der Waals surface area contributed by atoms with Gasteiger partial charge in [0.05, 0.1) is 10.5 Å². The van der Waals surface area contributed by atoms with Crippen molar-refractivity contribution >= 4 is 23.1 Å². The summed E-state index contributed by atoms with van der Waals surface area (Å²) in [6.07, 6.45) is 4.19. The van der Waals surface area contributed by atoms with Gasteiger partial charge in [0.1, 0.15) is 6.20 Å². The van der Waals surface area contributed by atoms with Crippen LogP contribution in [0.1, 0.15) is 39.5 Å². The van der Waals surface area contributed by atoms with E-state index in [0.29, 0.717) is 12.8 Å². The van der Waals surface area contributed by atoms with Gasteiger partial charge in [-0.2, -0.15) is 4.98 Å². The standard InChI is InChI=1S/C13H19ClN4O3/c1-12(2)3-5-13(19,6-4-12)8-16-10-9(18(20)21)7-15-11(14)17-10/h7,19H,3-6,8H2,1-2H3,(H,15,16,17). The number of rotatable bonds is 4. The minimum absolute atomic E-state index is 0.0401. The van der Waals surface area contributed by atoms with E-state index in [9.17, 15) is 15.2 Å². The summed E-state index contributed by atoms with van der Waals surface area (Å²) in [5.74, 6) is 0.0401. The molecule has 8 heteroatoms. The van der Waals surface area contributed by atoms with Gasteiger partial charge in [0.2, 0.25) is 11.1 Å². The van der Waals surface area contributed by atoms with Crippen molar-refractivity contribution in [3.05, 3.63) is 21.6 Å². The smallest absolute Gasteiger partial charge is 0.329 e. The lowest BCUT2D eigenvalue weighted by atomic mass is 9.71. The number of aliphatic hydroxyl groups is 1. The lowest BCUT2D eigenvalue weighted by Crippen LogP contribution is -2.42. The fourth-order valence-electron chi connectivity index (χ4n) is 2.43. The number of hydrogen-bond donors (Lipinski definition) is 2. The van der Waals surface area contributed by atoms with Crippen LogP contribution in [0, 0.1) is 15.5 Å². The Labute approximate surface area is 127 Å². The van der Waals surface area contributed by atoms with Crippen LogP contribution in [0.2, 0.25) is 5.28 Å². The molecule has 1 aliphatic rings. The Balaban J connectivity index is 2.06. The third-order valence-corrected chi connectivity index (χ3v) is 4.24. The van der Waals surface area contributed by atoms with Gasteiger partial charge in [-0.25, -0.2) is 4.98 Å². The first kappa shape index (κ1) is 15.9. The van der Waals surface area contributed by atoms with Crippen molar-refractivity contribution in [3.63, 3.8) is 0 Å². The van der Waals surface area contributed by atoms with Crippen LogP contribution in [0.25, 0.3) is 0 Å². The fourth-order valence-corrected chi connectivity index (χ4v) is 2.57. The predicted octanol–water partition coefficient (Wildman–Crippen LogP) is 2.78. The number of aromatic nitrogens is 2. The summed E-state index contributed by atoms with van der Waals surface area (Å²) in [5.41, 5.74) is -0.892. The first-order chi connectivity index (χ1) is 9.71. The molecule has 0 radical (unpaired) electrons. The van der Waals surface area contributed by atoms with Crippen molar-refractivity contribution in [2.75, 3.05) is 11.9 Å². The van der Waals surface area contributed by atoms with Gasteiger partial charge in [0, 0.05) is 6.54 Å². The molecule has 1 aromatic rings. The van der Waals surface area contributed by atoms with Gasteiger partial charge < -0.3 is 10.4 Å². The number of anilines is 1. The largest absolute Gasteiger partial charge is 0.388 e. The van der Waals surface area contributed by atoms with Crippen LogP contribution in [0.4, 0.5) is 11.5 Å². The molecule has 1 aromatic heterocycles. The summed E-state index contributed by atoms with van der Waals surface area (Å²) in [7, 11) is 0. The molecule has 2 rings (SSSR count). The molecule has 7 nitrogen and oxygen atoms in total. The second-order valence-electron chi connectivity index (χ2n) is 6.37. The second kappa shape index (κ2) is 5.73. The highest BCUT2D eigenvalue weighted by atomic mass is 35.5. The first-order valence-corrected chi connectivity index (χ1v) is 7.22. The van der Waals surface area contributed by atoms with E-state index in [1.165, 1.54) is 0 Å². The number of nitrogens with zero attached hydrogens (tertiary/aromatic N) is 3. The normalized spacial score (nSPS) is 20.0. The highest BCUT2D eigenvalue weighted by molar-refractivity contribution is 6.28. The zero-order valence-electron chi connectivity index (χ0n) is 12.1. The highest BCUT2D eigenvalue weighted by Gasteiger charge is 2.37. The van der Waals surface area contributed by atoms with Crippen LogP contribution < -0.4 is 5.32 Å². The number of nitro groups is 1. The van der Waals surface area contributed by atoms with E-state index in [-0.39, 0.29) is 28.7 Å². The van der Waals surface area contributed by atoms with Crippen LogP contribution >= 0.6 is 11.6 Å². The van der Waals surface area contributed by atoms with Crippen LogP contribution in [0.3, 0.4) is 0 Å². The Morgan fingerprint density at radius 2 is 2.05 bits per heavy atom. The fraction of sp³-hybridized carbons (Fsp3) is 0.692. The molecule has 21 heavy (non-hydrogen) atoms. The SMILES string of the molecule is CC1(C)CCC(O)(CNc2nc(Cl)ncc2[N+](=O)[O-])CC1. The molecule has 0 atom stereocenters. The summed E-state index contributed by atoms with van der Waals surface area (Å²) in [4.78, 5) is 17.8. The summed E-state index contributed by atoms with van der Waals surface area (Å²) in [5, 5.41) is 24.3. The van der Waals surface area contributed by atoms with Crippen molar-refractivity contribution < 1.29 is 10.0 Å². The Hall–Kier alpha value is -1.47. The lowest BCUT2D eigenvalue weighted by molar-refractivity contribution is -0.384. The van der Waals surface area contributed by atoms with Gasteiger partial charge in [0.15, 0.2) is 0 Å². The molecule has 1 aliphatic carbocycles. The Morgan fingerprint density at radius 3 is 2.62 bits per heavy atom. The summed E-state index contributed by atoms with van der Waals surface area (Å²) in [6, 6.07) is 0. The number of hydrogen-bond acceptors (Lipinski definition) is 6. The van der Waals surface area contributed by atoms with Gasteiger partial charge in [-0.3, -0.25) is 10.1 Å². The van der Waals surface area contributed by atoms with E-state index in [0.717, 1.165) is 19.0 Å². The van der Waals surface area contributed by atoms with Crippen LogP contribution in [-0.2, 0) is 0 Å². The number of nitrogens with one attached hydrogen (secondary N) is 1. The van der Waals surface area contributed by atoms with Gasteiger partial charge in [-0.05, 0) is 42.7 Å². The van der Waals surface area contributed by atoms with E-state index in [1.807, 2.05) is 0 Å². The monoisotopic (exact) mass is 314 g/mol. The molecule has 1 saturated carbocycles. The molecule has 0 aromatic carbocycles. The van der Waals surface area contributed by atoms with Gasteiger partial charge in [-0.15, -0.1) is 0 Å². The van der Waals surface area contributed by atoms with E-state index in [2.05, 4.69) is 29.1 Å². The molecule has 0 bridgehead atoms. The average Bonchev–Trinajstić information content (AvgIpc) is 2.40. The van der Waals surface area contributed by atoms with Crippen LogP contribution in [-0.4, -0.2) is 32.1 Å². The zero-order valence-corrected chi connectivity index (χ0v) is 12.9. The second-order valence-corrected chi connectivity index (χ2v) is 6.71. The first-order valence-electron chi connectivity index (χ1n) is 6.84. The summed E-state index contributed by atoms with van der Waals surface area (Å²) < 4.78 is 0. The van der Waals surface area contributed by atoms with Crippen molar-refractivity contribution in [1.29, 1.82) is 0 Å². The molecule has 0 spiro atoms. The highest BCUT2D eigenvalue weighted by Crippen LogP contribution is 2.40. The van der Waals surface area contributed by atoms with Gasteiger partial charge in [0.25, 0.3) is 0 Å². The van der Waals surface area contributed by atoms with Gasteiger partial charge >= 0.3 is 5.69 Å². The Morgan fingerprint density at radius 1 is 1.43 bits per heavy atom. The quantitative estimate of drug-likeness (QED) is 0.503. The Bertz CT molecular complexity index is 540. The third-order valence-electron chi connectivity index (χ3n) is 4.06. The Kier molecular flexibility index (Phi) is 4.34. The summed E-state index contributed by atoms with van der Waals surface area (Å²) >= 11 is 5.67. The molecule has 0 aliphatic heterocycles. The third kappa shape index (κ3) is 4.01. The zero-order chi connectivity index (χ0) is 15.7. The van der Waals surface area contributed by atoms with E-state index < -0.39 is 10.5 Å². The van der Waals surface area contributed by atoms with E-state index >= 15 is 0 Å². The van der Waals surface area contributed by atoms with Crippen molar-refractivity contribution in [2.24, 2.45) is 5.41 Å². The summed E-state index contributed by atoms with van der Waals surface area (Å²) in [6.45, 7) is 4.56. The molecule has 1 heterocycles. The van der Waals surface area contributed by atoms with Crippen molar-refractivity contribution in [1.82, 2.24) is 9.97 Å². The van der Waals surface area contributed by atoms with Crippen molar-refractivity contribution in [2.45, 2.75) is 45.1 Å². The maximum Gasteiger partial charge on any atom is 0.329 e. The lowest BCUT2D eigenvalue weighted by Gasteiger charge is -2.40. The molecule has 1 fully saturated rings. The van der Waals surface area contributed by atoms with Crippen LogP contribution in [0.5, 0.6) is 0 Å². The molecule has 0 unspecified atom stereocenters. The van der Waals surface area contributed by atoms with Crippen LogP contribution in [0.15, 0.2) is 6.20 Å². The van der Waals surface area contributed by atoms with E-state index in [4.69, 9.17) is 11.6 Å². The predicted molar refractivity (Wildman–Crippen MR) is 79.4 cm³/mol. The molecule has 0 amide bonds. The molecule has 0 saturated heterocycles. The molecule has 116 valence electrons. The maximum absolute atomic E-state index is 10.9. The number of halogens is 1. The van der Waals surface area contributed by atoms with Gasteiger partial charge in [-0.1, -0.05) is 13.8 Å².